The lowest BCUT2D eigenvalue weighted by atomic mass is 10.0. The van der Waals surface area contributed by atoms with Gasteiger partial charge in [-0.05, 0) is 32.1 Å². The van der Waals surface area contributed by atoms with Crippen LogP contribution in [-0.4, -0.2) is 34.9 Å². The number of hydrogen-bond acceptors (Lipinski definition) is 3. The van der Waals surface area contributed by atoms with Crippen molar-refractivity contribution >= 4 is 5.91 Å². The molecule has 0 aromatic rings. The van der Waals surface area contributed by atoms with Crippen LogP contribution in [0, 0.1) is 0 Å². The van der Waals surface area contributed by atoms with Gasteiger partial charge in [0, 0.05) is 6.42 Å². The van der Waals surface area contributed by atoms with Gasteiger partial charge in [-0.2, -0.15) is 0 Å². The van der Waals surface area contributed by atoms with E-state index in [0.717, 1.165) is 32.1 Å². The van der Waals surface area contributed by atoms with E-state index in [1.54, 1.807) is 6.08 Å². The van der Waals surface area contributed by atoms with E-state index in [0.29, 0.717) is 6.42 Å². The summed E-state index contributed by atoms with van der Waals surface area (Å²) in [5, 5.41) is 23.0. The molecule has 1 amide bonds. The lowest BCUT2D eigenvalue weighted by Crippen LogP contribution is -2.45. The quantitative estimate of drug-likeness (QED) is 0.0432. The van der Waals surface area contributed by atoms with E-state index in [1.807, 2.05) is 6.08 Å². The molecule has 4 heteroatoms. The lowest BCUT2D eigenvalue weighted by Gasteiger charge is -2.19. The van der Waals surface area contributed by atoms with Crippen molar-refractivity contribution in [3.8, 4) is 0 Å². The number of carbonyl (C=O) groups is 1. The highest BCUT2D eigenvalue weighted by molar-refractivity contribution is 5.76. The van der Waals surface area contributed by atoms with Crippen LogP contribution in [0.1, 0.15) is 258 Å². The summed E-state index contributed by atoms with van der Waals surface area (Å²) >= 11 is 0. The number of unbranched alkanes of at least 4 members (excludes halogenated alkanes) is 34. The number of nitrogens with one attached hydrogen (secondary N) is 1. The zero-order chi connectivity index (χ0) is 37.8. The van der Waals surface area contributed by atoms with Crippen LogP contribution in [0.2, 0.25) is 0 Å². The van der Waals surface area contributed by atoms with Crippen molar-refractivity contribution in [3.63, 3.8) is 0 Å². The highest BCUT2D eigenvalue weighted by Gasteiger charge is 2.17. The summed E-state index contributed by atoms with van der Waals surface area (Å²) in [6.45, 7) is 4.31. The average Bonchev–Trinajstić information content (AvgIpc) is 3.15. The van der Waals surface area contributed by atoms with Crippen molar-refractivity contribution in [1.29, 1.82) is 0 Å². The molecule has 0 aliphatic rings. The van der Waals surface area contributed by atoms with Crippen LogP contribution in [0.15, 0.2) is 24.3 Å². The monoisotopic (exact) mass is 732 g/mol. The normalized spacial score (nSPS) is 13.1. The average molecular weight is 732 g/mol. The van der Waals surface area contributed by atoms with Gasteiger partial charge in [0.2, 0.25) is 5.91 Å². The molecule has 0 spiro atoms. The molecule has 0 fully saturated rings. The van der Waals surface area contributed by atoms with E-state index < -0.39 is 12.1 Å². The Morgan fingerprint density at radius 1 is 0.442 bits per heavy atom. The molecule has 3 N–H and O–H groups in total. The second-order valence-corrected chi connectivity index (χ2v) is 16.2. The first-order valence-electron chi connectivity index (χ1n) is 23.6. The van der Waals surface area contributed by atoms with Gasteiger partial charge in [0.25, 0.3) is 0 Å². The summed E-state index contributed by atoms with van der Waals surface area (Å²) in [5.74, 6) is -0.0723. The molecule has 0 aliphatic carbocycles. The SMILES string of the molecule is CCCCCCCCCCCCCCCCCCCCCCCC/C=C/CC/C=C/C(O)C(CO)NC(=O)CCCCCCCCCCCCCC. The summed E-state index contributed by atoms with van der Waals surface area (Å²) < 4.78 is 0. The standard InChI is InChI=1S/C48H93NO3/c1-3-5-7-9-11-13-15-17-18-19-20-21-22-23-24-25-26-27-28-29-30-31-32-33-35-37-39-41-43-47(51)46(45-50)49-48(52)44-42-40-38-36-34-16-14-12-10-8-6-4-2/h33,35,41,43,46-47,50-51H,3-32,34,36-40,42,44-45H2,1-2H3,(H,49,52)/b35-33+,43-41+. The van der Waals surface area contributed by atoms with Crippen molar-refractivity contribution in [3.05, 3.63) is 24.3 Å². The third-order valence-electron chi connectivity index (χ3n) is 10.9. The van der Waals surface area contributed by atoms with Gasteiger partial charge < -0.3 is 15.5 Å². The van der Waals surface area contributed by atoms with Gasteiger partial charge in [-0.1, -0.05) is 244 Å². The molecule has 0 bridgehead atoms. The predicted molar refractivity (Wildman–Crippen MR) is 230 cm³/mol. The topological polar surface area (TPSA) is 69.6 Å². The molecule has 0 saturated heterocycles. The summed E-state index contributed by atoms with van der Waals surface area (Å²) in [6, 6.07) is -0.634. The zero-order valence-corrected chi connectivity index (χ0v) is 35.3. The van der Waals surface area contributed by atoms with E-state index in [-0.39, 0.29) is 12.5 Å². The Labute approximate surface area is 326 Å². The molecule has 0 saturated carbocycles. The Hall–Kier alpha value is -1.13. The van der Waals surface area contributed by atoms with Gasteiger partial charge in [-0.3, -0.25) is 4.79 Å². The van der Waals surface area contributed by atoms with Crippen molar-refractivity contribution in [2.24, 2.45) is 0 Å². The van der Waals surface area contributed by atoms with E-state index in [9.17, 15) is 15.0 Å². The number of aliphatic hydroxyl groups is 2. The molecule has 52 heavy (non-hydrogen) atoms. The van der Waals surface area contributed by atoms with Crippen LogP contribution in [-0.2, 0) is 4.79 Å². The minimum absolute atomic E-state index is 0.0723. The first-order valence-corrected chi connectivity index (χ1v) is 23.6. The Balaban J connectivity index is 3.50. The van der Waals surface area contributed by atoms with Crippen LogP contribution >= 0.6 is 0 Å². The van der Waals surface area contributed by atoms with Gasteiger partial charge in [-0.25, -0.2) is 0 Å². The molecule has 0 radical (unpaired) electrons. The lowest BCUT2D eigenvalue weighted by molar-refractivity contribution is -0.123. The smallest absolute Gasteiger partial charge is 0.220 e. The molecule has 2 unspecified atom stereocenters. The maximum Gasteiger partial charge on any atom is 0.220 e. The number of hydrogen-bond donors (Lipinski definition) is 3. The molecule has 2 atom stereocenters. The first-order chi connectivity index (χ1) is 25.7. The van der Waals surface area contributed by atoms with Crippen molar-refractivity contribution in [2.45, 2.75) is 270 Å². The fourth-order valence-corrected chi connectivity index (χ4v) is 7.31. The highest BCUT2D eigenvalue weighted by Crippen LogP contribution is 2.16. The Morgan fingerprint density at radius 3 is 1.12 bits per heavy atom. The maximum absolute atomic E-state index is 12.3. The number of carbonyl (C=O) groups excluding carboxylic acids is 1. The van der Waals surface area contributed by atoms with Gasteiger partial charge in [-0.15, -0.1) is 0 Å². The Kier molecular flexibility index (Phi) is 43.3. The molecule has 0 aromatic carbocycles. The summed E-state index contributed by atoms with van der Waals surface area (Å²) in [4.78, 5) is 12.3. The minimum atomic E-state index is -0.857. The van der Waals surface area contributed by atoms with Crippen LogP contribution in [0.3, 0.4) is 0 Å². The molecule has 0 rings (SSSR count). The largest absolute Gasteiger partial charge is 0.394 e. The summed E-state index contributed by atoms with van der Waals surface area (Å²) in [5.41, 5.74) is 0. The van der Waals surface area contributed by atoms with Gasteiger partial charge in [0.05, 0.1) is 18.8 Å². The molecule has 308 valence electrons. The van der Waals surface area contributed by atoms with Crippen molar-refractivity contribution in [1.82, 2.24) is 5.32 Å². The first kappa shape index (κ1) is 50.9. The van der Waals surface area contributed by atoms with E-state index in [2.05, 4.69) is 31.3 Å². The molecule has 0 aromatic heterocycles. The number of allylic oxidation sites excluding steroid dienone is 3. The number of rotatable bonds is 43. The minimum Gasteiger partial charge on any atom is -0.394 e. The second kappa shape index (κ2) is 44.3. The molecule has 4 nitrogen and oxygen atoms in total. The molecular formula is C48H93NO3. The molecule has 0 heterocycles. The van der Waals surface area contributed by atoms with E-state index >= 15 is 0 Å². The van der Waals surface area contributed by atoms with E-state index in [1.165, 1.54) is 205 Å². The van der Waals surface area contributed by atoms with Crippen LogP contribution in [0.5, 0.6) is 0 Å². The van der Waals surface area contributed by atoms with Crippen molar-refractivity contribution < 1.29 is 15.0 Å². The second-order valence-electron chi connectivity index (χ2n) is 16.2. The summed E-state index contributed by atoms with van der Waals surface area (Å²) in [7, 11) is 0. The highest BCUT2D eigenvalue weighted by atomic mass is 16.3. The van der Waals surface area contributed by atoms with Crippen molar-refractivity contribution in [2.75, 3.05) is 6.61 Å². The van der Waals surface area contributed by atoms with Crippen LogP contribution < -0.4 is 5.32 Å². The number of aliphatic hydroxyl groups excluding tert-OH is 2. The van der Waals surface area contributed by atoms with Crippen LogP contribution in [0.4, 0.5) is 0 Å². The van der Waals surface area contributed by atoms with Crippen LogP contribution in [0.25, 0.3) is 0 Å². The number of amides is 1. The molecular weight excluding hydrogens is 639 g/mol. The Bertz CT molecular complexity index is 750. The fraction of sp³-hybridized carbons (Fsp3) is 0.896. The molecule has 0 aliphatic heterocycles. The van der Waals surface area contributed by atoms with Gasteiger partial charge in [0.15, 0.2) is 0 Å². The van der Waals surface area contributed by atoms with Gasteiger partial charge >= 0.3 is 0 Å². The van der Waals surface area contributed by atoms with Gasteiger partial charge in [0.1, 0.15) is 0 Å². The predicted octanol–water partition coefficient (Wildman–Crippen LogP) is 14.8. The summed E-state index contributed by atoms with van der Waals surface area (Å²) in [6.07, 6.45) is 57.4. The zero-order valence-electron chi connectivity index (χ0n) is 35.3. The maximum atomic E-state index is 12.3. The Morgan fingerprint density at radius 2 is 0.750 bits per heavy atom. The third kappa shape index (κ3) is 40.1. The fourth-order valence-electron chi connectivity index (χ4n) is 7.31. The van der Waals surface area contributed by atoms with E-state index in [4.69, 9.17) is 0 Å². The third-order valence-corrected chi connectivity index (χ3v) is 10.9.